The van der Waals surface area contributed by atoms with Crippen molar-refractivity contribution in [3.63, 3.8) is 0 Å². The van der Waals surface area contributed by atoms with Crippen molar-refractivity contribution in [3.05, 3.63) is 68.7 Å². The molecule has 0 nitrogen and oxygen atoms in total. The van der Waals surface area contributed by atoms with Gasteiger partial charge in [-0.2, -0.15) is 0 Å². The molecule has 0 aliphatic carbocycles. The monoisotopic (exact) mass is 394 g/mol. The standard InChI is InChI=1S/C13H7Br2ClF2/c14-8-3-1-7(2-4-8)13(15)9-5-12(18)10(16)6-11(9)17/h1-6,13H. The summed E-state index contributed by atoms with van der Waals surface area (Å²) in [5.41, 5.74) is 1.05. The molecule has 2 aromatic rings. The van der Waals surface area contributed by atoms with Crippen molar-refractivity contribution in [1.82, 2.24) is 0 Å². The first-order valence-corrected chi connectivity index (χ1v) is 7.11. The van der Waals surface area contributed by atoms with Gasteiger partial charge in [0.1, 0.15) is 11.6 Å². The highest BCUT2D eigenvalue weighted by Gasteiger charge is 2.17. The topological polar surface area (TPSA) is 0 Å². The van der Waals surface area contributed by atoms with E-state index >= 15 is 0 Å². The lowest BCUT2D eigenvalue weighted by molar-refractivity contribution is 0.588. The molecular formula is C13H7Br2ClF2. The maximum atomic E-state index is 13.8. The Hall–Kier alpha value is -0.450. The highest BCUT2D eigenvalue weighted by Crippen LogP contribution is 2.34. The molecule has 1 unspecified atom stereocenters. The van der Waals surface area contributed by atoms with Gasteiger partial charge >= 0.3 is 0 Å². The van der Waals surface area contributed by atoms with Crippen molar-refractivity contribution in [1.29, 1.82) is 0 Å². The fourth-order valence-electron chi connectivity index (χ4n) is 1.54. The van der Waals surface area contributed by atoms with Crippen LogP contribution in [-0.2, 0) is 0 Å². The molecule has 0 saturated heterocycles. The van der Waals surface area contributed by atoms with Crippen molar-refractivity contribution < 1.29 is 8.78 Å². The zero-order valence-corrected chi connectivity index (χ0v) is 12.9. The van der Waals surface area contributed by atoms with Gasteiger partial charge < -0.3 is 0 Å². The molecule has 2 rings (SSSR count). The second-order valence-corrected chi connectivity index (χ2v) is 5.94. The number of benzene rings is 2. The van der Waals surface area contributed by atoms with Gasteiger partial charge in [0.25, 0.3) is 0 Å². The Bertz CT molecular complexity index is 570. The summed E-state index contributed by atoms with van der Waals surface area (Å²) in [4.78, 5) is -0.419. The van der Waals surface area contributed by atoms with E-state index in [1.165, 1.54) is 0 Å². The Labute approximate surface area is 125 Å². The highest BCUT2D eigenvalue weighted by molar-refractivity contribution is 9.10. The third kappa shape index (κ3) is 2.92. The van der Waals surface area contributed by atoms with Gasteiger partial charge in [0.2, 0.25) is 0 Å². The molecule has 0 spiro atoms. The van der Waals surface area contributed by atoms with E-state index in [0.717, 1.165) is 22.2 Å². The number of alkyl halides is 1. The maximum absolute atomic E-state index is 13.8. The quantitative estimate of drug-likeness (QED) is 0.440. The summed E-state index contributed by atoms with van der Waals surface area (Å²) in [5, 5.41) is -0.216. The van der Waals surface area contributed by atoms with E-state index in [0.29, 0.717) is 0 Å². The minimum Gasteiger partial charge on any atom is -0.207 e. The molecule has 0 aliphatic heterocycles. The summed E-state index contributed by atoms with van der Waals surface area (Å²) in [6.45, 7) is 0. The van der Waals surface area contributed by atoms with Crippen LogP contribution < -0.4 is 0 Å². The van der Waals surface area contributed by atoms with Crippen LogP contribution in [-0.4, -0.2) is 0 Å². The minimum atomic E-state index is -0.630. The van der Waals surface area contributed by atoms with Crippen LogP contribution in [0.5, 0.6) is 0 Å². The van der Waals surface area contributed by atoms with Gasteiger partial charge in [-0.1, -0.05) is 55.6 Å². The zero-order chi connectivity index (χ0) is 13.3. The van der Waals surface area contributed by atoms with Crippen LogP contribution >= 0.6 is 43.5 Å². The fourth-order valence-corrected chi connectivity index (χ4v) is 2.61. The van der Waals surface area contributed by atoms with Gasteiger partial charge in [-0.15, -0.1) is 0 Å². The van der Waals surface area contributed by atoms with E-state index in [1.54, 1.807) is 0 Å². The van der Waals surface area contributed by atoms with Crippen LogP contribution in [0, 0.1) is 11.6 Å². The predicted molar refractivity (Wildman–Crippen MR) is 76.3 cm³/mol. The van der Waals surface area contributed by atoms with Crippen LogP contribution in [0.3, 0.4) is 0 Å². The summed E-state index contributed by atoms with van der Waals surface area (Å²) < 4.78 is 28.1. The molecule has 0 heterocycles. The van der Waals surface area contributed by atoms with Crippen molar-refractivity contribution in [2.45, 2.75) is 4.83 Å². The zero-order valence-electron chi connectivity index (χ0n) is 8.93. The van der Waals surface area contributed by atoms with Crippen molar-refractivity contribution in [3.8, 4) is 0 Å². The third-order valence-electron chi connectivity index (χ3n) is 2.48. The normalized spacial score (nSPS) is 12.5. The minimum absolute atomic E-state index is 0.216. The first kappa shape index (κ1) is 14.0. The van der Waals surface area contributed by atoms with Gasteiger partial charge in [0.05, 0.1) is 9.85 Å². The average Bonchev–Trinajstić information content (AvgIpc) is 2.34. The summed E-state index contributed by atoms with van der Waals surface area (Å²) in [7, 11) is 0. The molecule has 1 atom stereocenters. The first-order valence-electron chi connectivity index (χ1n) is 5.03. The third-order valence-corrected chi connectivity index (χ3v) is 4.32. The van der Waals surface area contributed by atoms with E-state index in [9.17, 15) is 8.78 Å². The molecule has 0 saturated carbocycles. The molecular weight excluding hydrogens is 389 g/mol. The van der Waals surface area contributed by atoms with Crippen LogP contribution in [0.4, 0.5) is 8.78 Å². The molecule has 2 aromatic carbocycles. The number of hydrogen-bond donors (Lipinski definition) is 0. The molecule has 0 N–H and O–H groups in total. The number of hydrogen-bond acceptors (Lipinski definition) is 0. The van der Waals surface area contributed by atoms with Gasteiger partial charge in [-0.25, -0.2) is 8.78 Å². The summed E-state index contributed by atoms with van der Waals surface area (Å²) >= 11 is 12.2. The lowest BCUT2D eigenvalue weighted by Gasteiger charge is -2.12. The van der Waals surface area contributed by atoms with Gasteiger partial charge in [0.15, 0.2) is 0 Å². The molecule has 0 amide bonds. The van der Waals surface area contributed by atoms with Gasteiger partial charge in [-0.3, -0.25) is 0 Å². The van der Waals surface area contributed by atoms with Gasteiger partial charge in [-0.05, 0) is 29.8 Å². The molecule has 0 aromatic heterocycles. The molecule has 18 heavy (non-hydrogen) atoms. The first-order chi connectivity index (χ1) is 8.49. The fraction of sp³-hybridized carbons (Fsp3) is 0.0769. The molecule has 0 radical (unpaired) electrons. The highest BCUT2D eigenvalue weighted by atomic mass is 79.9. The second-order valence-electron chi connectivity index (χ2n) is 3.70. The maximum Gasteiger partial charge on any atom is 0.142 e. The Morgan fingerprint density at radius 2 is 1.61 bits per heavy atom. The Balaban J connectivity index is 2.42. The van der Waals surface area contributed by atoms with E-state index in [4.69, 9.17) is 11.6 Å². The lowest BCUT2D eigenvalue weighted by Crippen LogP contribution is -1.98. The van der Waals surface area contributed by atoms with Crippen LogP contribution in [0.2, 0.25) is 5.02 Å². The number of halogens is 5. The largest absolute Gasteiger partial charge is 0.207 e. The lowest BCUT2D eigenvalue weighted by atomic mass is 10.0. The second kappa shape index (κ2) is 5.68. The van der Waals surface area contributed by atoms with Crippen LogP contribution in [0.15, 0.2) is 40.9 Å². The summed E-state index contributed by atoms with van der Waals surface area (Å²) in [6.07, 6.45) is 0. The Morgan fingerprint density at radius 3 is 2.22 bits per heavy atom. The van der Waals surface area contributed by atoms with E-state index in [1.807, 2.05) is 24.3 Å². The Morgan fingerprint density at radius 1 is 1.00 bits per heavy atom. The number of rotatable bonds is 2. The average molecular weight is 396 g/mol. The van der Waals surface area contributed by atoms with Crippen LogP contribution in [0.1, 0.15) is 16.0 Å². The molecule has 0 aliphatic rings. The molecule has 0 fully saturated rings. The van der Waals surface area contributed by atoms with Crippen molar-refractivity contribution >= 4 is 43.5 Å². The summed E-state index contributed by atoms with van der Waals surface area (Å²) in [5.74, 6) is -1.17. The van der Waals surface area contributed by atoms with Crippen LogP contribution in [0.25, 0.3) is 0 Å². The molecule has 0 bridgehead atoms. The van der Waals surface area contributed by atoms with Gasteiger partial charge in [0, 0.05) is 10.0 Å². The smallest absolute Gasteiger partial charge is 0.142 e. The van der Waals surface area contributed by atoms with Crippen molar-refractivity contribution in [2.24, 2.45) is 0 Å². The van der Waals surface area contributed by atoms with E-state index in [-0.39, 0.29) is 10.6 Å². The summed E-state index contributed by atoms with van der Waals surface area (Å²) in [6, 6.07) is 9.44. The molecule has 5 heteroatoms. The Kier molecular flexibility index (Phi) is 4.41. The SMILES string of the molecule is Fc1cc(C(Br)c2ccc(Br)cc2)c(F)cc1Cl. The predicted octanol–water partition coefficient (Wildman–Crippen LogP) is 5.87. The van der Waals surface area contributed by atoms with Crippen molar-refractivity contribution in [2.75, 3.05) is 0 Å². The molecule has 94 valence electrons. The van der Waals surface area contributed by atoms with E-state index in [2.05, 4.69) is 31.9 Å². The van der Waals surface area contributed by atoms with E-state index < -0.39 is 16.5 Å².